The number of aromatic hydroxyl groups is 1. The molecule has 10 heteroatoms. The van der Waals surface area contributed by atoms with Gasteiger partial charge in [-0.1, -0.05) is 0 Å². The Kier molecular flexibility index (Phi) is 1.78. The minimum absolute atomic E-state index is 0.205. The van der Waals surface area contributed by atoms with E-state index in [1.807, 2.05) is 0 Å². The van der Waals surface area contributed by atoms with Gasteiger partial charge in [0.25, 0.3) is 20.7 Å². The van der Waals surface area contributed by atoms with Crippen LogP contribution in [0.1, 0.15) is 0 Å². The molecule has 0 fully saturated rings. The monoisotopic (exact) mass is 231 g/mol. The summed E-state index contributed by atoms with van der Waals surface area (Å²) in [5.74, 6) is -0.736. The number of primary sulfonamides is 1. The van der Waals surface area contributed by atoms with Crippen LogP contribution in [-0.4, -0.2) is 33.1 Å². The zero-order valence-corrected chi connectivity index (χ0v) is 7.89. The minimum atomic E-state index is -4.07. The maximum absolute atomic E-state index is 10.9. The minimum Gasteiger partial charge on any atom is -0.493 e. The molecule has 2 rings (SSSR count). The van der Waals surface area contributed by atoms with Crippen molar-refractivity contribution in [3.63, 3.8) is 0 Å². The van der Waals surface area contributed by atoms with Crippen molar-refractivity contribution in [2.45, 2.75) is 5.16 Å². The summed E-state index contributed by atoms with van der Waals surface area (Å²) in [5.41, 5.74) is -0.631. The van der Waals surface area contributed by atoms with E-state index in [0.29, 0.717) is 0 Å². The van der Waals surface area contributed by atoms with Gasteiger partial charge in [0, 0.05) is 0 Å². The molecule has 2 aromatic heterocycles. The lowest BCUT2D eigenvalue weighted by atomic mass is 10.6. The first kappa shape index (κ1) is 9.61. The summed E-state index contributed by atoms with van der Waals surface area (Å²) in [6.45, 7) is 0. The molecule has 0 saturated heterocycles. The Hall–Kier alpha value is -1.94. The van der Waals surface area contributed by atoms with Crippen LogP contribution >= 0.6 is 0 Å². The van der Waals surface area contributed by atoms with E-state index in [1.54, 1.807) is 0 Å². The first-order valence-corrected chi connectivity index (χ1v) is 5.14. The summed E-state index contributed by atoms with van der Waals surface area (Å²) < 4.78 is 22.5. The van der Waals surface area contributed by atoms with Crippen LogP contribution in [0.2, 0.25) is 0 Å². The third-order valence-electron chi connectivity index (χ3n) is 1.55. The van der Waals surface area contributed by atoms with Gasteiger partial charge in [-0.05, 0) is 0 Å². The maximum atomic E-state index is 10.9. The number of H-pyrrole nitrogens is 1. The molecule has 0 spiro atoms. The van der Waals surface area contributed by atoms with E-state index in [2.05, 4.69) is 15.1 Å². The lowest BCUT2D eigenvalue weighted by molar-refractivity contribution is 0.432. The van der Waals surface area contributed by atoms with Crippen molar-refractivity contribution in [1.82, 2.24) is 19.6 Å². The molecule has 2 heterocycles. The highest BCUT2D eigenvalue weighted by molar-refractivity contribution is 7.89. The lowest BCUT2D eigenvalue weighted by Gasteiger charge is -1.92. The zero-order valence-electron chi connectivity index (χ0n) is 7.08. The molecule has 0 radical (unpaired) electrons. The molecule has 0 atom stereocenters. The van der Waals surface area contributed by atoms with Crippen LogP contribution in [0, 0.1) is 0 Å². The molecule has 0 saturated carbocycles. The predicted molar refractivity (Wildman–Crippen MR) is 46.6 cm³/mol. The van der Waals surface area contributed by atoms with Crippen LogP contribution in [0.15, 0.2) is 16.0 Å². The summed E-state index contributed by atoms with van der Waals surface area (Å²) in [6.07, 6.45) is 0. The fourth-order valence-electron chi connectivity index (χ4n) is 0.979. The van der Waals surface area contributed by atoms with Crippen LogP contribution in [0.5, 0.6) is 5.88 Å². The molecule has 9 nitrogen and oxygen atoms in total. The molecule has 0 amide bonds. The van der Waals surface area contributed by atoms with E-state index < -0.39 is 26.6 Å². The van der Waals surface area contributed by atoms with Gasteiger partial charge in [0.1, 0.15) is 0 Å². The molecule has 80 valence electrons. The third kappa shape index (κ3) is 1.55. The molecule has 0 aromatic carbocycles. The van der Waals surface area contributed by atoms with E-state index in [1.165, 1.54) is 0 Å². The van der Waals surface area contributed by atoms with Gasteiger partial charge in [-0.25, -0.2) is 13.6 Å². The van der Waals surface area contributed by atoms with E-state index >= 15 is 0 Å². The number of nitrogens with zero attached hydrogens (tertiary/aromatic N) is 3. The quantitative estimate of drug-likeness (QED) is 0.506. The van der Waals surface area contributed by atoms with Gasteiger partial charge in [-0.15, -0.1) is 5.10 Å². The highest BCUT2D eigenvalue weighted by Crippen LogP contribution is 2.07. The van der Waals surface area contributed by atoms with Crippen molar-refractivity contribution in [3.05, 3.63) is 16.4 Å². The lowest BCUT2D eigenvalue weighted by Crippen LogP contribution is -2.14. The number of nitrogens with two attached hydrogens (primary N) is 1. The molecule has 0 unspecified atom stereocenters. The SMILES string of the molecule is NS(=O)(=O)c1nc2[nH]c(=O)cc(O)n2n1. The summed E-state index contributed by atoms with van der Waals surface area (Å²) in [6, 6.07) is 0.828. The van der Waals surface area contributed by atoms with Gasteiger partial charge < -0.3 is 5.11 Å². The molecule has 0 aliphatic heterocycles. The second kappa shape index (κ2) is 2.77. The molecular formula is C5H5N5O4S. The van der Waals surface area contributed by atoms with E-state index in [-0.39, 0.29) is 5.78 Å². The summed E-state index contributed by atoms with van der Waals surface area (Å²) >= 11 is 0. The topological polar surface area (TPSA) is 143 Å². The van der Waals surface area contributed by atoms with E-state index in [9.17, 15) is 18.3 Å². The van der Waals surface area contributed by atoms with Crippen molar-refractivity contribution < 1.29 is 13.5 Å². The first-order valence-electron chi connectivity index (χ1n) is 3.60. The number of fused-ring (bicyclic) bond motifs is 1. The average molecular weight is 231 g/mol. The number of nitrogens with one attached hydrogen (secondary N) is 1. The molecule has 2 aromatic rings. The second-order valence-electron chi connectivity index (χ2n) is 2.67. The van der Waals surface area contributed by atoms with Crippen LogP contribution in [0.4, 0.5) is 0 Å². The Labute approximate surface area is 82.2 Å². The molecule has 15 heavy (non-hydrogen) atoms. The molecular weight excluding hydrogens is 226 g/mol. The van der Waals surface area contributed by atoms with Crippen LogP contribution < -0.4 is 10.7 Å². The smallest absolute Gasteiger partial charge is 0.284 e. The highest BCUT2D eigenvalue weighted by Gasteiger charge is 2.17. The molecule has 0 aliphatic carbocycles. The number of sulfonamides is 1. The van der Waals surface area contributed by atoms with Crippen molar-refractivity contribution in [3.8, 4) is 5.88 Å². The Morgan fingerprint density at radius 2 is 2.20 bits per heavy atom. The van der Waals surface area contributed by atoms with Crippen LogP contribution in [0.3, 0.4) is 0 Å². The summed E-state index contributed by atoms with van der Waals surface area (Å²) in [5, 5.41) is 16.7. The van der Waals surface area contributed by atoms with Crippen molar-refractivity contribution in [1.29, 1.82) is 0 Å². The van der Waals surface area contributed by atoms with Gasteiger partial charge in [0.15, 0.2) is 0 Å². The maximum Gasteiger partial charge on any atom is 0.284 e. The van der Waals surface area contributed by atoms with Gasteiger partial charge in [-0.2, -0.15) is 9.50 Å². The second-order valence-corrected chi connectivity index (χ2v) is 4.12. The fraction of sp³-hybridized carbons (Fsp3) is 0. The van der Waals surface area contributed by atoms with Gasteiger partial charge >= 0.3 is 0 Å². The van der Waals surface area contributed by atoms with E-state index in [0.717, 1.165) is 10.6 Å². The van der Waals surface area contributed by atoms with Crippen LogP contribution in [-0.2, 0) is 10.0 Å². The van der Waals surface area contributed by atoms with Crippen molar-refractivity contribution in [2.24, 2.45) is 5.14 Å². The number of hydrogen-bond acceptors (Lipinski definition) is 6. The summed E-state index contributed by atoms with van der Waals surface area (Å²) in [4.78, 5) is 16.5. The van der Waals surface area contributed by atoms with Crippen molar-refractivity contribution >= 4 is 15.8 Å². The highest BCUT2D eigenvalue weighted by atomic mass is 32.2. The largest absolute Gasteiger partial charge is 0.493 e. The number of aromatic nitrogens is 4. The van der Waals surface area contributed by atoms with Gasteiger partial charge in [0.05, 0.1) is 6.07 Å². The van der Waals surface area contributed by atoms with Crippen molar-refractivity contribution in [2.75, 3.05) is 0 Å². The number of hydrogen-bond donors (Lipinski definition) is 3. The molecule has 0 aliphatic rings. The fourth-order valence-corrected chi connectivity index (χ4v) is 1.39. The Morgan fingerprint density at radius 3 is 2.80 bits per heavy atom. The van der Waals surface area contributed by atoms with E-state index in [4.69, 9.17) is 5.14 Å². The van der Waals surface area contributed by atoms with Gasteiger partial charge in [0.2, 0.25) is 11.7 Å². The van der Waals surface area contributed by atoms with Gasteiger partial charge in [-0.3, -0.25) is 9.78 Å². The normalized spacial score (nSPS) is 12.1. The Morgan fingerprint density at radius 1 is 1.53 bits per heavy atom. The third-order valence-corrected chi connectivity index (χ3v) is 2.24. The van der Waals surface area contributed by atoms with Crippen LogP contribution in [0.25, 0.3) is 5.78 Å². The Bertz CT molecular complexity index is 683. The number of rotatable bonds is 1. The molecule has 0 bridgehead atoms. The first-order chi connectivity index (χ1) is 6.88. The standard InChI is InChI=1S/C5H5N5O4S/c6-15(13,14)5-8-4-7-2(11)1-3(12)10(4)9-5/h1,12H,(H2,6,13,14)(H,7,8,9,11). The Balaban J connectivity index is 2.88. The number of aromatic amines is 1. The molecule has 4 N–H and O–H groups in total. The average Bonchev–Trinajstić information content (AvgIpc) is 2.46. The predicted octanol–water partition coefficient (Wildman–Crippen LogP) is -2.23. The zero-order chi connectivity index (χ0) is 11.2. The summed E-state index contributed by atoms with van der Waals surface area (Å²) in [7, 11) is -4.07.